The number of allylic oxidation sites excluding steroid dienone is 2. The van der Waals surface area contributed by atoms with Crippen molar-refractivity contribution in [3.8, 4) is 0 Å². The third-order valence-corrected chi connectivity index (χ3v) is 30.8. The highest BCUT2D eigenvalue weighted by Crippen LogP contribution is 2.76. The van der Waals surface area contributed by atoms with E-state index in [9.17, 15) is 128 Å². The Balaban J connectivity index is 0.732. The molecule has 720 valence electrons. The maximum absolute atomic E-state index is 16.3. The number of fused-ring (bicyclic) bond motifs is 7. The molecule has 0 aromatic carbocycles. The van der Waals surface area contributed by atoms with Crippen molar-refractivity contribution >= 4 is 5.97 Å². The van der Waals surface area contributed by atoms with E-state index < -0.39 is 361 Å². The second kappa shape index (κ2) is 38.0. The lowest BCUT2D eigenvalue weighted by molar-refractivity contribution is -0.402. The molecule has 0 aromatic rings. The normalized spacial score (nSPS) is 55.7. The molecule has 9 heterocycles. The van der Waals surface area contributed by atoms with Gasteiger partial charge in [0, 0.05) is 5.41 Å². The summed E-state index contributed by atoms with van der Waals surface area (Å²) >= 11 is 0. The molecule has 25 N–H and O–H groups in total. The van der Waals surface area contributed by atoms with Crippen molar-refractivity contribution in [3.05, 3.63) is 11.6 Å². The Labute approximate surface area is 719 Å². The van der Waals surface area contributed by atoms with Gasteiger partial charge in [0.05, 0.1) is 82.2 Å². The van der Waals surface area contributed by atoms with Crippen molar-refractivity contribution in [2.45, 2.75) is 390 Å². The van der Waals surface area contributed by atoms with E-state index in [2.05, 4.69) is 40.7 Å². The molecule has 44 heteroatoms. The lowest BCUT2D eigenvalue weighted by Gasteiger charge is -2.72. The summed E-state index contributed by atoms with van der Waals surface area (Å²) in [4.78, 5) is 16.3. The minimum Gasteiger partial charge on any atom is -0.432 e. The minimum absolute atomic E-state index is 0.0972. The smallest absolute Gasteiger partial charge is 0.315 e. The number of esters is 1. The van der Waals surface area contributed by atoms with E-state index in [1.54, 1.807) is 6.92 Å². The maximum Gasteiger partial charge on any atom is 0.315 e. The molecule has 0 aromatic heterocycles. The molecule has 0 radical (unpaired) electrons. The van der Waals surface area contributed by atoms with Crippen molar-refractivity contribution < 1.29 is 218 Å². The molecule has 0 unspecified atom stereocenters. The fourth-order valence-corrected chi connectivity index (χ4v) is 23.1. The summed E-state index contributed by atoms with van der Waals surface area (Å²) in [6.45, 7) is 11.4. The third kappa shape index (κ3) is 17.7. The molecule has 52 atom stereocenters. The van der Waals surface area contributed by atoms with Crippen LogP contribution in [0.25, 0.3) is 0 Å². The highest BCUT2D eigenvalue weighted by molar-refractivity contribution is 5.79. The number of carbonyl (C=O) groups is 1. The Morgan fingerprint density at radius 1 is 0.368 bits per heavy atom. The SMILES string of the molecule is C[C@@H]1O[C@@H](O[C@@H]2[C@@H](O[C@@H]3O[C@@H](C)[C@H](O[C@@H]4OC[C@@H](O)[C@H](O[C@@H]5O[C@@H](C)[C@H](O)[C@@H](O)[C@H]5O[C@@H]5O[C@H](CO)[C@H](O)[C@H](O)[C@H]5O)[C@H]4O)[C@@H](O[C@@H]4OC[C@@H](O)[C@H](O)[C@H]4O)[C@H]3O)[C@H](OC(=O)[C@]34CCC(C)(C)C[C@H]3C3=CC[C@@H]5[C@@]6(C)C[C@H](O)[C@H](O[C@@H]7O[C@H](CO)[C@@H](O)[C@H](O[C@@H]8O[C@H](CO)[C@@H](O)[C@H](O)[C@H]8O)[C@H]7O)[C@@](C)(CO)[C@@H]6CC[C@@]5(C)[C@]3(C)CC4)OC[C@@H]2O)[C@H](O)[C@H](O)[C@H]1O. The predicted molar refractivity (Wildman–Crippen MR) is 407 cm³/mol. The molecule has 13 fully saturated rings. The molecule has 0 spiro atoms. The summed E-state index contributed by atoms with van der Waals surface area (Å²) in [6, 6.07) is 0. The molecular formula is C81H132O44. The van der Waals surface area contributed by atoms with Gasteiger partial charge in [0.15, 0.2) is 56.4 Å². The van der Waals surface area contributed by atoms with Crippen molar-refractivity contribution in [3.63, 3.8) is 0 Å². The number of rotatable bonds is 22. The van der Waals surface area contributed by atoms with Crippen LogP contribution in [0, 0.1) is 50.2 Å². The Kier molecular flexibility index (Phi) is 30.0. The molecule has 44 nitrogen and oxygen atoms in total. The van der Waals surface area contributed by atoms with Crippen molar-refractivity contribution in [2.24, 2.45) is 50.2 Å². The highest BCUT2D eigenvalue weighted by atomic mass is 16.8. The van der Waals surface area contributed by atoms with Crippen LogP contribution in [0.15, 0.2) is 11.6 Å². The van der Waals surface area contributed by atoms with Crippen LogP contribution in [0.2, 0.25) is 0 Å². The van der Waals surface area contributed by atoms with Gasteiger partial charge in [-0.25, -0.2) is 0 Å². The van der Waals surface area contributed by atoms with Crippen molar-refractivity contribution in [1.82, 2.24) is 0 Å². The van der Waals surface area contributed by atoms with Gasteiger partial charge < -0.3 is 213 Å². The second-order valence-electron chi connectivity index (χ2n) is 38.9. The Morgan fingerprint density at radius 2 is 0.808 bits per heavy atom. The number of aliphatic hydroxyl groups is 25. The van der Waals surface area contributed by atoms with Crippen LogP contribution in [0.1, 0.15) is 120 Å². The molecular weight excluding hydrogens is 1680 g/mol. The topological polar surface area (TPSA) is 689 Å². The first-order valence-corrected chi connectivity index (χ1v) is 43.4. The first-order chi connectivity index (χ1) is 58.8. The quantitative estimate of drug-likeness (QED) is 0.0272. The number of hydrogen-bond donors (Lipinski definition) is 25. The molecule has 9 aliphatic heterocycles. The van der Waals surface area contributed by atoms with E-state index in [0.29, 0.717) is 38.5 Å². The van der Waals surface area contributed by atoms with Crippen LogP contribution in [0.4, 0.5) is 0 Å². The van der Waals surface area contributed by atoms with E-state index in [1.807, 2.05) is 0 Å². The van der Waals surface area contributed by atoms with Gasteiger partial charge >= 0.3 is 5.97 Å². The predicted octanol–water partition coefficient (Wildman–Crippen LogP) is -9.97. The van der Waals surface area contributed by atoms with Gasteiger partial charge in [-0.05, 0) is 118 Å². The van der Waals surface area contributed by atoms with E-state index in [0.717, 1.165) is 5.57 Å². The summed E-state index contributed by atoms with van der Waals surface area (Å²) in [5.74, 6) is -1.93. The number of ether oxygens (including phenoxy) is 18. The lowest BCUT2D eigenvalue weighted by Crippen LogP contribution is -2.70. The summed E-state index contributed by atoms with van der Waals surface area (Å²) in [7, 11) is 0. The van der Waals surface area contributed by atoms with E-state index >= 15 is 4.79 Å². The van der Waals surface area contributed by atoms with Gasteiger partial charge in [-0.1, -0.05) is 53.2 Å². The zero-order valence-corrected chi connectivity index (χ0v) is 71.0. The van der Waals surface area contributed by atoms with Crippen LogP contribution in [-0.4, -0.2) is 450 Å². The number of aliphatic hydroxyl groups excluding tert-OH is 25. The number of hydrogen-bond acceptors (Lipinski definition) is 44. The molecule has 4 saturated carbocycles. The summed E-state index contributed by atoms with van der Waals surface area (Å²) < 4.78 is 110. The standard InChI is InChI=1S/C81H132O44/c1-27-41(90)47(96)52(101)68(111-27)119-60-35(89)25-110-73(64(60)123-71-57(106)62(121-66-51(100)43(92)33(87)23-108-66)58(29(3)113-71)117-67-55(104)59(34(88)24-109-67)118-74-63(50(99)42(91)28(2)112-74)122-70-54(103)49(98)45(94)37(21-83)115-70)125-75(107)81-16-14-76(4,5)18-31(81)30-10-11-40-77(6)19-32(86)65(78(7,26-85)39(77)12-13-80(40,9)79(30,8)15-17-81)124-72-56(105)61(46(95)38(22-84)116-72)120-69-53(102)48(97)44(93)36(20-82)114-69/h10,27-29,31-74,82-106H,11-26H2,1-9H3/t27-,28-,29-,31-,32-,33+,34+,35-,36+,37+,38+,39+,40+,41-,42-,43-,44+,45-,46+,47+,48-,49-,50+,51+,52+,53+,54+,55+,56+,57+,58-,59-,60-,61-,62-,63+,64+,65-,66-,67-,68-,69-,70-,71-,72-,73-,74-,77-,78-,79+,80+,81-/m0/s1. The van der Waals surface area contributed by atoms with Crippen LogP contribution in [-0.2, 0) is 90.1 Å². The first kappa shape index (κ1) is 98.5. The maximum atomic E-state index is 16.3. The van der Waals surface area contributed by atoms with Gasteiger partial charge in [-0.2, -0.15) is 0 Å². The summed E-state index contributed by atoms with van der Waals surface area (Å²) in [5.41, 5.74) is -4.07. The largest absolute Gasteiger partial charge is 0.432 e. The van der Waals surface area contributed by atoms with Gasteiger partial charge in [-0.15, -0.1) is 0 Å². The number of carbonyl (C=O) groups excluding carboxylic acids is 1. The highest BCUT2D eigenvalue weighted by Gasteiger charge is 2.73. The van der Waals surface area contributed by atoms with Crippen molar-refractivity contribution in [1.29, 1.82) is 0 Å². The lowest BCUT2D eigenvalue weighted by atomic mass is 9.33. The van der Waals surface area contributed by atoms with Gasteiger partial charge in [0.1, 0.15) is 177 Å². The van der Waals surface area contributed by atoms with Crippen LogP contribution in [0.3, 0.4) is 0 Å². The zero-order valence-electron chi connectivity index (χ0n) is 71.0. The molecule has 14 aliphatic rings. The Bertz CT molecular complexity index is 3620. The van der Waals surface area contributed by atoms with Crippen LogP contribution in [0.5, 0.6) is 0 Å². The fraction of sp³-hybridized carbons (Fsp3) is 0.963. The molecule has 0 bridgehead atoms. The zero-order chi connectivity index (χ0) is 91.0. The van der Waals surface area contributed by atoms with Gasteiger partial charge in [0.25, 0.3) is 0 Å². The van der Waals surface area contributed by atoms with Gasteiger partial charge in [-0.3, -0.25) is 4.79 Å². The Hall–Kier alpha value is -2.47. The second-order valence-corrected chi connectivity index (χ2v) is 38.9. The van der Waals surface area contributed by atoms with Crippen molar-refractivity contribution in [2.75, 3.05) is 46.2 Å². The monoisotopic (exact) mass is 1810 g/mol. The van der Waals surface area contributed by atoms with Gasteiger partial charge in [0.2, 0.25) is 6.29 Å². The molecule has 0 amide bonds. The fourth-order valence-electron chi connectivity index (χ4n) is 23.1. The summed E-state index contributed by atoms with van der Waals surface area (Å²) in [6.07, 6.45) is -74.0. The molecule has 125 heavy (non-hydrogen) atoms. The average Bonchev–Trinajstić information content (AvgIpc) is 0.670. The molecule has 9 saturated heterocycles. The first-order valence-electron chi connectivity index (χ1n) is 43.4. The van der Waals surface area contributed by atoms with Crippen LogP contribution < -0.4 is 0 Å². The van der Waals surface area contributed by atoms with E-state index in [-0.39, 0.29) is 30.6 Å². The van der Waals surface area contributed by atoms with Crippen LogP contribution >= 0.6 is 0 Å². The molecule has 5 aliphatic carbocycles. The minimum atomic E-state index is -2.26. The Morgan fingerprint density at radius 3 is 1.41 bits per heavy atom. The third-order valence-electron chi connectivity index (χ3n) is 30.8. The van der Waals surface area contributed by atoms with E-state index in [4.69, 9.17) is 85.3 Å². The summed E-state index contributed by atoms with van der Waals surface area (Å²) in [5, 5.41) is 280. The van der Waals surface area contributed by atoms with E-state index in [1.165, 1.54) is 20.8 Å². The average molecular weight is 1810 g/mol. The molecule has 14 rings (SSSR count).